The van der Waals surface area contributed by atoms with Gasteiger partial charge in [-0.05, 0) is 28.5 Å². The molecule has 0 heterocycles. The molecule has 0 bridgehead atoms. The van der Waals surface area contributed by atoms with Crippen LogP contribution < -0.4 is 4.74 Å². The maximum Gasteiger partial charge on any atom is 0.310 e. The number of halogens is 1. The van der Waals surface area contributed by atoms with Crippen LogP contribution >= 0.6 is 11.6 Å². The molecule has 2 aromatic carbocycles. The number of rotatable bonds is 5. The lowest BCUT2D eigenvalue weighted by Gasteiger charge is -2.06. The smallest absolute Gasteiger partial charge is 0.310 e. The first-order valence-corrected chi connectivity index (χ1v) is 6.54. The molecule has 0 unspecified atom stereocenters. The van der Waals surface area contributed by atoms with E-state index in [1.54, 1.807) is 7.11 Å². The summed E-state index contributed by atoms with van der Waals surface area (Å²) in [6.45, 7) is 0.255. The average molecular weight is 279 g/mol. The van der Waals surface area contributed by atoms with Crippen molar-refractivity contribution in [1.82, 2.24) is 0 Å². The molecular weight excluding hydrogens is 264 g/mol. The number of hydrogen-bond acceptors (Lipinski definition) is 3. The number of fused-ring (bicyclic) bond motifs is 1. The normalized spacial score (nSPS) is 10.4. The van der Waals surface area contributed by atoms with Crippen LogP contribution in [0.15, 0.2) is 36.4 Å². The van der Waals surface area contributed by atoms with Crippen molar-refractivity contribution in [3.63, 3.8) is 0 Å². The van der Waals surface area contributed by atoms with Gasteiger partial charge in [0.25, 0.3) is 0 Å². The summed E-state index contributed by atoms with van der Waals surface area (Å²) in [7, 11) is 1.64. The summed E-state index contributed by atoms with van der Waals surface area (Å²) < 4.78 is 10.1. The molecule has 0 amide bonds. The molecular formula is C15H15ClO3. The molecule has 0 aliphatic rings. The van der Waals surface area contributed by atoms with Crippen LogP contribution in [-0.4, -0.2) is 25.6 Å². The topological polar surface area (TPSA) is 35.5 Å². The van der Waals surface area contributed by atoms with Crippen molar-refractivity contribution in [1.29, 1.82) is 0 Å². The summed E-state index contributed by atoms with van der Waals surface area (Å²) in [6, 6.07) is 11.7. The molecule has 2 aromatic rings. The van der Waals surface area contributed by atoms with E-state index in [4.69, 9.17) is 21.1 Å². The van der Waals surface area contributed by atoms with E-state index in [2.05, 4.69) is 0 Å². The third kappa shape index (κ3) is 3.61. The molecule has 0 atom stereocenters. The maximum atomic E-state index is 11.5. The minimum Gasteiger partial charge on any atom is -0.497 e. The van der Waals surface area contributed by atoms with E-state index in [1.807, 2.05) is 36.4 Å². The van der Waals surface area contributed by atoms with Gasteiger partial charge in [0, 0.05) is 0 Å². The molecule has 4 heteroatoms. The minimum atomic E-state index is -0.256. The zero-order valence-corrected chi connectivity index (χ0v) is 11.4. The Hall–Kier alpha value is -1.74. The fourth-order valence-electron chi connectivity index (χ4n) is 1.88. The molecule has 2 rings (SSSR count). The van der Waals surface area contributed by atoms with E-state index in [1.165, 1.54) is 0 Å². The van der Waals surface area contributed by atoms with Crippen LogP contribution in [0.1, 0.15) is 5.56 Å². The zero-order valence-electron chi connectivity index (χ0n) is 10.7. The van der Waals surface area contributed by atoms with Gasteiger partial charge < -0.3 is 9.47 Å². The molecule has 0 radical (unpaired) electrons. The van der Waals surface area contributed by atoms with Gasteiger partial charge in [0.15, 0.2) is 0 Å². The van der Waals surface area contributed by atoms with E-state index >= 15 is 0 Å². The van der Waals surface area contributed by atoms with Crippen molar-refractivity contribution in [2.75, 3.05) is 19.6 Å². The summed E-state index contributed by atoms with van der Waals surface area (Å²) in [5.74, 6) is 0.888. The second kappa shape index (κ2) is 6.43. The molecule has 0 aromatic heterocycles. The predicted octanol–water partition coefficient (Wildman–Crippen LogP) is 3.17. The van der Waals surface area contributed by atoms with Gasteiger partial charge in [0.2, 0.25) is 0 Å². The molecule has 3 nitrogen and oxygen atoms in total. The van der Waals surface area contributed by atoms with E-state index in [-0.39, 0.29) is 19.0 Å². The Bertz CT molecular complexity index is 581. The number of methoxy groups -OCH3 is 1. The highest BCUT2D eigenvalue weighted by Gasteiger charge is 2.05. The number of benzene rings is 2. The number of carbonyl (C=O) groups is 1. The van der Waals surface area contributed by atoms with Crippen molar-refractivity contribution < 1.29 is 14.3 Å². The fraction of sp³-hybridized carbons (Fsp3) is 0.267. The van der Waals surface area contributed by atoms with E-state index in [0.717, 1.165) is 22.1 Å². The SMILES string of the molecule is COc1ccc2cc(CC(=O)OCCCl)ccc2c1. The minimum absolute atomic E-state index is 0.255. The van der Waals surface area contributed by atoms with Gasteiger partial charge in [-0.1, -0.05) is 24.3 Å². The molecule has 0 spiro atoms. The predicted molar refractivity (Wildman–Crippen MR) is 75.9 cm³/mol. The Morgan fingerprint density at radius 1 is 1.16 bits per heavy atom. The number of carbonyl (C=O) groups excluding carboxylic acids is 1. The lowest BCUT2D eigenvalue weighted by Crippen LogP contribution is -2.09. The zero-order chi connectivity index (χ0) is 13.7. The Labute approximate surface area is 117 Å². The molecule has 19 heavy (non-hydrogen) atoms. The number of hydrogen-bond donors (Lipinski definition) is 0. The van der Waals surface area contributed by atoms with Crippen molar-refractivity contribution in [2.45, 2.75) is 6.42 Å². The van der Waals surface area contributed by atoms with Crippen molar-refractivity contribution in [2.24, 2.45) is 0 Å². The van der Waals surface area contributed by atoms with Gasteiger partial charge >= 0.3 is 5.97 Å². The summed E-state index contributed by atoms with van der Waals surface area (Å²) in [6.07, 6.45) is 0.263. The van der Waals surface area contributed by atoms with Crippen molar-refractivity contribution in [3.8, 4) is 5.75 Å². The summed E-state index contributed by atoms with van der Waals surface area (Å²) in [5.41, 5.74) is 0.928. The highest BCUT2D eigenvalue weighted by molar-refractivity contribution is 6.18. The van der Waals surface area contributed by atoms with Crippen LogP contribution in [0.3, 0.4) is 0 Å². The van der Waals surface area contributed by atoms with E-state index in [9.17, 15) is 4.79 Å². The maximum absolute atomic E-state index is 11.5. The van der Waals surface area contributed by atoms with Gasteiger partial charge in [-0.25, -0.2) is 0 Å². The Kier molecular flexibility index (Phi) is 4.63. The van der Waals surface area contributed by atoms with Gasteiger partial charge in [-0.3, -0.25) is 4.79 Å². The quantitative estimate of drug-likeness (QED) is 0.622. The Balaban J connectivity index is 2.15. The second-order valence-corrected chi connectivity index (χ2v) is 4.51. The summed E-state index contributed by atoms with van der Waals surface area (Å²) in [4.78, 5) is 11.5. The Morgan fingerprint density at radius 2 is 1.89 bits per heavy atom. The van der Waals surface area contributed by atoms with E-state index < -0.39 is 0 Å². The molecule has 0 saturated carbocycles. The first kappa shape index (κ1) is 13.7. The number of alkyl halides is 1. The molecule has 0 aliphatic carbocycles. The summed E-state index contributed by atoms with van der Waals surface area (Å²) in [5, 5.41) is 2.15. The number of esters is 1. The average Bonchev–Trinajstić information content (AvgIpc) is 2.44. The third-order valence-corrected chi connectivity index (χ3v) is 2.95. The molecule has 0 N–H and O–H groups in total. The molecule has 0 saturated heterocycles. The first-order chi connectivity index (χ1) is 9.22. The standard InChI is InChI=1S/C15H15ClO3/c1-18-14-5-4-12-8-11(2-3-13(12)10-14)9-15(17)19-7-6-16/h2-5,8,10H,6-7,9H2,1H3. The van der Waals surface area contributed by atoms with Crippen LogP contribution in [0.25, 0.3) is 10.8 Å². The van der Waals surface area contributed by atoms with Crippen molar-refractivity contribution in [3.05, 3.63) is 42.0 Å². The lowest BCUT2D eigenvalue weighted by atomic mass is 10.0. The van der Waals surface area contributed by atoms with Crippen LogP contribution in [0, 0.1) is 0 Å². The van der Waals surface area contributed by atoms with Gasteiger partial charge in [0.05, 0.1) is 19.4 Å². The van der Waals surface area contributed by atoms with Crippen LogP contribution in [0.4, 0.5) is 0 Å². The van der Waals surface area contributed by atoms with Gasteiger partial charge in [-0.15, -0.1) is 11.6 Å². The highest BCUT2D eigenvalue weighted by Crippen LogP contribution is 2.22. The van der Waals surface area contributed by atoms with Crippen LogP contribution in [0.5, 0.6) is 5.75 Å². The fourth-order valence-corrected chi connectivity index (χ4v) is 1.96. The second-order valence-electron chi connectivity index (χ2n) is 4.13. The first-order valence-electron chi connectivity index (χ1n) is 6.01. The molecule has 0 fully saturated rings. The molecule has 0 aliphatic heterocycles. The van der Waals surface area contributed by atoms with Gasteiger partial charge in [0.1, 0.15) is 12.4 Å². The lowest BCUT2D eigenvalue weighted by molar-refractivity contribution is -0.142. The monoisotopic (exact) mass is 278 g/mol. The van der Waals surface area contributed by atoms with Crippen LogP contribution in [-0.2, 0) is 16.0 Å². The Morgan fingerprint density at radius 3 is 2.63 bits per heavy atom. The highest BCUT2D eigenvalue weighted by atomic mass is 35.5. The van der Waals surface area contributed by atoms with E-state index in [0.29, 0.717) is 5.88 Å². The molecule has 100 valence electrons. The van der Waals surface area contributed by atoms with Crippen molar-refractivity contribution >= 4 is 28.3 Å². The largest absolute Gasteiger partial charge is 0.497 e. The van der Waals surface area contributed by atoms with Gasteiger partial charge in [-0.2, -0.15) is 0 Å². The summed E-state index contributed by atoms with van der Waals surface area (Å²) >= 11 is 5.47. The van der Waals surface area contributed by atoms with Crippen LogP contribution in [0.2, 0.25) is 0 Å². The number of ether oxygens (including phenoxy) is 2. The third-order valence-electron chi connectivity index (χ3n) is 2.80.